The number of hydrogen-bond acceptors (Lipinski definition) is 4. The van der Waals surface area contributed by atoms with Crippen LogP contribution in [0.25, 0.3) is 0 Å². The quantitative estimate of drug-likeness (QED) is 0.852. The van der Waals surface area contributed by atoms with Crippen LogP contribution in [0, 0.1) is 5.41 Å². The molecule has 2 amide bonds. The third-order valence-electron chi connectivity index (χ3n) is 3.86. The van der Waals surface area contributed by atoms with E-state index in [1.165, 1.54) is 0 Å². The third-order valence-corrected chi connectivity index (χ3v) is 3.86. The van der Waals surface area contributed by atoms with Crippen molar-refractivity contribution in [3.8, 4) is 0 Å². The number of carbonyl (C=O) groups is 2. The van der Waals surface area contributed by atoms with Gasteiger partial charge >= 0.3 is 0 Å². The Morgan fingerprint density at radius 2 is 2.04 bits per heavy atom. The van der Waals surface area contributed by atoms with Crippen molar-refractivity contribution in [2.45, 2.75) is 39.8 Å². The lowest BCUT2D eigenvalue weighted by molar-refractivity contribution is -0.128. The average molecular weight is 332 g/mol. The fraction of sp³-hybridized carbons (Fsp3) is 0.611. The highest BCUT2D eigenvalue weighted by Gasteiger charge is 2.32. The summed E-state index contributed by atoms with van der Waals surface area (Å²) in [6, 6.07) is 3.80. The van der Waals surface area contributed by atoms with Gasteiger partial charge in [-0.25, -0.2) is 0 Å². The molecular weight excluding hydrogens is 304 g/mol. The molecule has 1 unspecified atom stereocenters. The zero-order chi connectivity index (χ0) is 17.7. The van der Waals surface area contributed by atoms with Gasteiger partial charge in [0.15, 0.2) is 0 Å². The Balaban J connectivity index is 1.77. The summed E-state index contributed by atoms with van der Waals surface area (Å²) in [4.78, 5) is 32.1. The molecule has 1 aromatic rings. The monoisotopic (exact) mass is 332 g/mol. The molecule has 0 bridgehead atoms. The number of likely N-dealkylation sites (tertiary alicyclic amines) is 1. The van der Waals surface area contributed by atoms with Crippen LogP contribution >= 0.6 is 0 Å². The van der Waals surface area contributed by atoms with E-state index in [-0.39, 0.29) is 23.3 Å². The van der Waals surface area contributed by atoms with Crippen molar-refractivity contribution in [2.75, 3.05) is 26.7 Å². The first-order valence-electron chi connectivity index (χ1n) is 8.37. The molecule has 1 saturated heterocycles. The molecule has 24 heavy (non-hydrogen) atoms. The lowest BCUT2D eigenvalue weighted by Gasteiger charge is -2.26. The summed E-state index contributed by atoms with van der Waals surface area (Å²) in [5.41, 5.74) is 1.19. The zero-order valence-electron chi connectivity index (χ0n) is 15.1. The Hall–Kier alpha value is -1.95. The minimum Gasteiger partial charge on any atom is -0.350 e. The molecule has 1 N–H and O–H groups in total. The maximum atomic E-state index is 12.2. The van der Waals surface area contributed by atoms with E-state index in [4.69, 9.17) is 0 Å². The number of likely N-dealkylation sites (N-methyl/N-ethyl adjacent to an activating group) is 1. The first kappa shape index (κ1) is 18.4. The standard InChI is InChI=1S/C18H28N4O2/c1-18(2,3)13-22-11-15(9-17(22)24)20-16(23)12-21(4)10-14-5-7-19-8-6-14/h5-8,15H,9-13H2,1-4H3,(H,20,23). The van der Waals surface area contributed by atoms with Gasteiger partial charge in [0.05, 0.1) is 12.6 Å². The van der Waals surface area contributed by atoms with Crippen LogP contribution in [0.4, 0.5) is 0 Å². The number of hydrogen-bond donors (Lipinski definition) is 1. The lowest BCUT2D eigenvalue weighted by atomic mass is 9.96. The van der Waals surface area contributed by atoms with Crippen LogP contribution in [0.1, 0.15) is 32.8 Å². The Morgan fingerprint density at radius 3 is 2.67 bits per heavy atom. The second kappa shape index (κ2) is 7.75. The van der Waals surface area contributed by atoms with Gasteiger partial charge in [0.1, 0.15) is 0 Å². The van der Waals surface area contributed by atoms with E-state index in [2.05, 4.69) is 31.1 Å². The molecule has 0 spiro atoms. The summed E-state index contributed by atoms with van der Waals surface area (Å²) in [5.74, 6) is 0.0855. The molecule has 2 rings (SSSR count). The molecule has 1 atom stereocenters. The molecule has 2 heterocycles. The summed E-state index contributed by atoms with van der Waals surface area (Å²) >= 11 is 0. The van der Waals surface area contributed by atoms with Gasteiger partial charge in [0.25, 0.3) is 0 Å². The topological polar surface area (TPSA) is 65.5 Å². The van der Waals surface area contributed by atoms with Gasteiger partial charge in [-0.1, -0.05) is 20.8 Å². The molecule has 0 aliphatic carbocycles. The molecule has 0 aromatic carbocycles. The Labute approximate surface area is 144 Å². The highest BCUT2D eigenvalue weighted by Crippen LogP contribution is 2.20. The van der Waals surface area contributed by atoms with E-state index in [9.17, 15) is 9.59 Å². The summed E-state index contributed by atoms with van der Waals surface area (Å²) in [7, 11) is 1.91. The maximum absolute atomic E-state index is 12.2. The summed E-state index contributed by atoms with van der Waals surface area (Å²) in [6.45, 7) is 8.67. The highest BCUT2D eigenvalue weighted by molar-refractivity contribution is 5.83. The van der Waals surface area contributed by atoms with Crippen molar-refractivity contribution in [3.05, 3.63) is 30.1 Å². The first-order chi connectivity index (χ1) is 11.2. The van der Waals surface area contributed by atoms with Crippen molar-refractivity contribution in [2.24, 2.45) is 5.41 Å². The van der Waals surface area contributed by atoms with Gasteiger partial charge < -0.3 is 10.2 Å². The molecule has 132 valence electrons. The Kier molecular flexibility index (Phi) is 5.94. The second-order valence-electron chi connectivity index (χ2n) is 7.83. The second-order valence-corrected chi connectivity index (χ2v) is 7.83. The smallest absolute Gasteiger partial charge is 0.234 e. The predicted octanol–water partition coefficient (Wildman–Crippen LogP) is 1.28. The van der Waals surface area contributed by atoms with Gasteiger partial charge in [-0.2, -0.15) is 0 Å². The van der Waals surface area contributed by atoms with Crippen LogP contribution in [0.3, 0.4) is 0 Å². The molecule has 6 nitrogen and oxygen atoms in total. The summed E-state index contributed by atoms with van der Waals surface area (Å²) in [6.07, 6.45) is 3.89. The van der Waals surface area contributed by atoms with Crippen LogP contribution in [0.5, 0.6) is 0 Å². The first-order valence-corrected chi connectivity index (χ1v) is 8.37. The predicted molar refractivity (Wildman–Crippen MR) is 93.2 cm³/mol. The minimum atomic E-state index is -0.0818. The van der Waals surface area contributed by atoms with Gasteiger partial charge in [-0.15, -0.1) is 0 Å². The van der Waals surface area contributed by atoms with Gasteiger partial charge in [-0.3, -0.25) is 19.5 Å². The van der Waals surface area contributed by atoms with E-state index in [1.54, 1.807) is 12.4 Å². The van der Waals surface area contributed by atoms with Crippen molar-refractivity contribution < 1.29 is 9.59 Å². The number of nitrogens with one attached hydrogen (secondary N) is 1. The van der Waals surface area contributed by atoms with E-state index in [0.29, 0.717) is 26.1 Å². The average Bonchev–Trinajstić information content (AvgIpc) is 2.77. The van der Waals surface area contributed by atoms with Crippen LogP contribution in [0.15, 0.2) is 24.5 Å². The van der Waals surface area contributed by atoms with Gasteiger partial charge in [0.2, 0.25) is 11.8 Å². The molecule has 1 aliphatic heterocycles. The fourth-order valence-corrected chi connectivity index (χ4v) is 2.97. The summed E-state index contributed by atoms with van der Waals surface area (Å²) in [5, 5.41) is 2.99. The van der Waals surface area contributed by atoms with Crippen LogP contribution in [-0.4, -0.2) is 59.3 Å². The maximum Gasteiger partial charge on any atom is 0.234 e. The van der Waals surface area contributed by atoms with Crippen LogP contribution in [0.2, 0.25) is 0 Å². The fourth-order valence-electron chi connectivity index (χ4n) is 2.97. The van der Waals surface area contributed by atoms with Gasteiger partial charge in [-0.05, 0) is 30.2 Å². The minimum absolute atomic E-state index is 0.0398. The molecule has 0 saturated carbocycles. The number of nitrogens with zero attached hydrogens (tertiary/aromatic N) is 3. The van der Waals surface area contributed by atoms with Crippen molar-refractivity contribution in [1.82, 2.24) is 20.1 Å². The Bertz CT molecular complexity index is 568. The molecule has 0 radical (unpaired) electrons. The zero-order valence-corrected chi connectivity index (χ0v) is 15.1. The lowest BCUT2D eigenvalue weighted by Crippen LogP contribution is -2.42. The van der Waals surface area contributed by atoms with E-state index in [1.807, 2.05) is 29.0 Å². The number of aromatic nitrogens is 1. The van der Waals surface area contributed by atoms with Crippen LogP contribution < -0.4 is 5.32 Å². The largest absolute Gasteiger partial charge is 0.350 e. The number of rotatable bonds is 6. The van der Waals surface area contributed by atoms with E-state index < -0.39 is 0 Å². The van der Waals surface area contributed by atoms with Crippen molar-refractivity contribution in [3.63, 3.8) is 0 Å². The van der Waals surface area contributed by atoms with E-state index in [0.717, 1.165) is 12.1 Å². The highest BCUT2D eigenvalue weighted by atomic mass is 16.2. The molecule has 1 aliphatic rings. The van der Waals surface area contributed by atoms with Crippen LogP contribution in [-0.2, 0) is 16.1 Å². The Morgan fingerprint density at radius 1 is 1.38 bits per heavy atom. The molecule has 1 fully saturated rings. The number of pyridine rings is 1. The molecule has 1 aromatic heterocycles. The van der Waals surface area contributed by atoms with E-state index >= 15 is 0 Å². The molecule has 6 heteroatoms. The van der Waals surface area contributed by atoms with Crippen molar-refractivity contribution >= 4 is 11.8 Å². The van der Waals surface area contributed by atoms with Crippen molar-refractivity contribution in [1.29, 1.82) is 0 Å². The number of carbonyl (C=O) groups excluding carboxylic acids is 2. The normalized spacial score (nSPS) is 18.3. The SMILES string of the molecule is CN(CC(=O)NC1CC(=O)N(CC(C)(C)C)C1)Cc1ccncc1. The number of amides is 2. The van der Waals surface area contributed by atoms with Gasteiger partial charge in [0, 0.05) is 38.4 Å². The molecular formula is C18H28N4O2. The third kappa shape index (κ3) is 5.92. The summed E-state index contributed by atoms with van der Waals surface area (Å²) < 4.78 is 0.